The fourth-order valence-electron chi connectivity index (χ4n) is 3.28. The molecule has 0 radical (unpaired) electrons. The Kier molecular flexibility index (Phi) is 6.81. The molecule has 10 heteroatoms. The van der Waals surface area contributed by atoms with Crippen LogP contribution in [0.5, 0.6) is 0 Å². The number of nitro benzene ring substituents is 1. The van der Waals surface area contributed by atoms with E-state index in [4.69, 9.17) is 4.74 Å². The molecule has 0 saturated heterocycles. The Hall–Kier alpha value is -3.56. The first-order valence-electron chi connectivity index (χ1n) is 8.64. The maximum absolute atomic E-state index is 12.9. The summed E-state index contributed by atoms with van der Waals surface area (Å²) in [5.41, 5.74) is 1.07. The lowest BCUT2D eigenvalue weighted by Gasteiger charge is -2.31. The van der Waals surface area contributed by atoms with E-state index in [2.05, 4.69) is 15.0 Å². The molecule has 10 nitrogen and oxygen atoms in total. The Labute approximate surface area is 166 Å². The summed E-state index contributed by atoms with van der Waals surface area (Å²) in [7, 11) is 2.40. The molecule has 1 N–H and O–H groups in total. The molecule has 0 spiro atoms. The largest absolute Gasteiger partial charge is 0.468 e. The van der Waals surface area contributed by atoms with E-state index < -0.39 is 34.6 Å². The van der Waals surface area contributed by atoms with Crippen LogP contribution in [0.3, 0.4) is 0 Å². The third-order valence-corrected chi connectivity index (χ3v) is 4.59. The number of aliphatic imine (C=N–C) groups is 1. The number of hydrogen-bond acceptors (Lipinski definition) is 8. The summed E-state index contributed by atoms with van der Waals surface area (Å²) in [4.78, 5) is 51.7. The van der Waals surface area contributed by atoms with Gasteiger partial charge in [-0.1, -0.05) is 12.1 Å². The van der Waals surface area contributed by atoms with E-state index in [0.29, 0.717) is 17.0 Å². The van der Waals surface area contributed by atoms with Gasteiger partial charge in [0.1, 0.15) is 12.5 Å². The zero-order chi connectivity index (χ0) is 21.7. The quantitative estimate of drug-likeness (QED) is 0.432. The fourth-order valence-corrected chi connectivity index (χ4v) is 3.28. The van der Waals surface area contributed by atoms with Crippen LogP contribution >= 0.6 is 0 Å². The standard InChI is InChI=1S/C19H21N3O7/c1-10-15(18(24)20-9-14(23)28-3)17(16(11(2)21-10)19(25)29-4)12-6-5-7-13(8-12)22(26)27/h5-8,16-17H,9H2,1-4H3,(H,20,24). The highest BCUT2D eigenvalue weighted by Gasteiger charge is 2.42. The van der Waals surface area contributed by atoms with Crippen molar-refractivity contribution in [3.8, 4) is 0 Å². The van der Waals surface area contributed by atoms with E-state index in [0.717, 1.165) is 0 Å². The highest BCUT2D eigenvalue weighted by Crippen LogP contribution is 2.40. The van der Waals surface area contributed by atoms with Gasteiger partial charge in [0.2, 0.25) is 5.91 Å². The highest BCUT2D eigenvalue weighted by atomic mass is 16.6. The number of nitrogens with one attached hydrogen (secondary N) is 1. The van der Waals surface area contributed by atoms with Crippen molar-refractivity contribution in [1.82, 2.24) is 5.32 Å². The van der Waals surface area contributed by atoms with Crippen LogP contribution in [0.15, 0.2) is 40.5 Å². The number of hydrogen-bond donors (Lipinski definition) is 1. The summed E-state index contributed by atoms with van der Waals surface area (Å²) in [6, 6.07) is 5.68. The van der Waals surface area contributed by atoms with E-state index in [-0.39, 0.29) is 17.8 Å². The smallest absolute Gasteiger partial charge is 0.325 e. The van der Waals surface area contributed by atoms with Crippen LogP contribution in [0.4, 0.5) is 5.69 Å². The van der Waals surface area contributed by atoms with E-state index in [1.54, 1.807) is 19.9 Å². The van der Waals surface area contributed by atoms with E-state index in [9.17, 15) is 24.5 Å². The number of rotatable bonds is 6. The van der Waals surface area contributed by atoms with Gasteiger partial charge in [-0.3, -0.25) is 29.5 Å². The molecular formula is C19H21N3O7. The van der Waals surface area contributed by atoms with Gasteiger partial charge in [-0.15, -0.1) is 0 Å². The topological polar surface area (TPSA) is 137 Å². The first-order chi connectivity index (χ1) is 13.7. The van der Waals surface area contributed by atoms with Crippen LogP contribution in [-0.2, 0) is 23.9 Å². The molecule has 0 bridgehead atoms. The number of carbonyl (C=O) groups excluding carboxylic acids is 3. The van der Waals surface area contributed by atoms with Crippen LogP contribution < -0.4 is 5.32 Å². The number of benzene rings is 1. The minimum absolute atomic E-state index is 0.121. The maximum Gasteiger partial charge on any atom is 0.325 e. The van der Waals surface area contributed by atoms with Gasteiger partial charge in [-0.05, 0) is 19.4 Å². The third-order valence-electron chi connectivity index (χ3n) is 4.59. The van der Waals surface area contributed by atoms with Crippen LogP contribution in [0.1, 0.15) is 25.3 Å². The Morgan fingerprint density at radius 2 is 1.90 bits per heavy atom. The molecular weight excluding hydrogens is 382 g/mol. The summed E-state index contributed by atoms with van der Waals surface area (Å²) < 4.78 is 9.40. The first kappa shape index (κ1) is 21.7. The summed E-state index contributed by atoms with van der Waals surface area (Å²) in [5, 5.41) is 13.6. The summed E-state index contributed by atoms with van der Waals surface area (Å²) in [6.45, 7) is 2.84. The number of ether oxygens (including phenoxy) is 2. The molecule has 1 heterocycles. The maximum atomic E-state index is 12.9. The predicted molar refractivity (Wildman–Crippen MR) is 102 cm³/mol. The van der Waals surface area contributed by atoms with Crippen molar-refractivity contribution in [2.24, 2.45) is 10.9 Å². The van der Waals surface area contributed by atoms with Gasteiger partial charge in [0.05, 0.1) is 19.1 Å². The van der Waals surface area contributed by atoms with Crippen molar-refractivity contribution in [3.05, 3.63) is 51.2 Å². The van der Waals surface area contributed by atoms with Gasteiger partial charge in [-0.25, -0.2) is 0 Å². The second-order valence-electron chi connectivity index (χ2n) is 6.34. The van der Waals surface area contributed by atoms with Crippen molar-refractivity contribution in [1.29, 1.82) is 0 Å². The Morgan fingerprint density at radius 3 is 2.48 bits per heavy atom. The Morgan fingerprint density at radius 1 is 1.21 bits per heavy atom. The summed E-state index contributed by atoms with van der Waals surface area (Å²) in [5.74, 6) is -3.74. The van der Waals surface area contributed by atoms with Crippen molar-refractivity contribution in [3.63, 3.8) is 0 Å². The van der Waals surface area contributed by atoms with Crippen molar-refractivity contribution < 1.29 is 28.8 Å². The van der Waals surface area contributed by atoms with Gasteiger partial charge >= 0.3 is 11.9 Å². The highest BCUT2D eigenvalue weighted by molar-refractivity contribution is 6.08. The van der Waals surface area contributed by atoms with Crippen LogP contribution in [0.25, 0.3) is 0 Å². The first-order valence-corrected chi connectivity index (χ1v) is 8.64. The molecule has 154 valence electrons. The lowest BCUT2D eigenvalue weighted by Crippen LogP contribution is -2.40. The number of allylic oxidation sites excluding steroid dienone is 1. The molecule has 2 unspecified atom stereocenters. The number of non-ortho nitro benzene ring substituents is 1. The average molecular weight is 403 g/mol. The van der Waals surface area contributed by atoms with E-state index >= 15 is 0 Å². The Bertz CT molecular complexity index is 920. The minimum atomic E-state index is -0.954. The molecule has 0 aromatic heterocycles. The normalized spacial score (nSPS) is 18.6. The monoisotopic (exact) mass is 403 g/mol. The molecule has 0 saturated carbocycles. The van der Waals surface area contributed by atoms with E-state index in [1.165, 1.54) is 32.4 Å². The molecule has 1 aliphatic rings. The molecule has 2 rings (SSSR count). The number of esters is 2. The van der Waals surface area contributed by atoms with Crippen LogP contribution in [0.2, 0.25) is 0 Å². The predicted octanol–water partition coefficient (Wildman–Crippen LogP) is 1.51. The number of amides is 1. The molecule has 0 fully saturated rings. The Balaban J connectivity index is 2.59. The second kappa shape index (κ2) is 9.09. The van der Waals surface area contributed by atoms with Gasteiger partial charge in [0.25, 0.3) is 5.69 Å². The second-order valence-corrected chi connectivity index (χ2v) is 6.34. The molecule has 1 aromatic carbocycles. The molecule has 1 aromatic rings. The van der Waals surface area contributed by atoms with Crippen molar-refractivity contribution in [2.75, 3.05) is 20.8 Å². The average Bonchev–Trinajstić information content (AvgIpc) is 2.70. The third kappa shape index (κ3) is 4.65. The number of nitrogens with zero attached hydrogens (tertiary/aromatic N) is 2. The summed E-state index contributed by atoms with van der Waals surface area (Å²) >= 11 is 0. The van der Waals surface area contributed by atoms with Crippen LogP contribution in [0, 0.1) is 16.0 Å². The van der Waals surface area contributed by atoms with Crippen LogP contribution in [-0.4, -0.2) is 49.2 Å². The number of methoxy groups -OCH3 is 2. The fraction of sp³-hybridized carbons (Fsp3) is 0.368. The molecule has 0 aliphatic carbocycles. The molecule has 29 heavy (non-hydrogen) atoms. The molecule has 1 aliphatic heterocycles. The number of carbonyl (C=O) groups is 3. The van der Waals surface area contributed by atoms with Gasteiger partial charge in [-0.2, -0.15) is 0 Å². The van der Waals surface area contributed by atoms with Gasteiger partial charge in [0.15, 0.2) is 0 Å². The van der Waals surface area contributed by atoms with Gasteiger partial charge < -0.3 is 14.8 Å². The van der Waals surface area contributed by atoms with Crippen molar-refractivity contribution >= 4 is 29.2 Å². The molecule has 2 atom stereocenters. The zero-order valence-corrected chi connectivity index (χ0v) is 16.4. The van der Waals surface area contributed by atoms with Crippen molar-refractivity contribution in [2.45, 2.75) is 19.8 Å². The molecule has 1 amide bonds. The SMILES string of the molecule is COC(=O)CNC(=O)C1=C(C)N=C(C)C(C(=O)OC)C1c1cccc([N+](=O)[O-])c1. The zero-order valence-electron chi connectivity index (χ0n) is 16.4. The van der Waals surface area contributed by atoms with Gasteiger partial charge in [0, 0.05) is 35.0 Å². The minimum Gasteiger partial charge on any atom is -0.468 e. The lowest BCUT2D eigenvalue weighted by molar-refractivity contribution is -0.384. The lowest BCUT2D eigenvalue weighted by atomic mass is 9.75. The van der Waals surface area contributed by atoms with E-state index in [1.807, 2.05) is 0 Å². The summed E-state index contributed by atoms with van der Waals surface area (Å²) in [6.07, 6.45) is 0. The number of nitro groups is 1.